The highest BCUT2D eigenvalue weighted by molar-refractivity contribution is 5.94. The van der Waals surface area contributed by atoms with Crippen LogP contribution in [-0.2, 0) is 18.4 Å². The van der Waals surface area contributed by atoms with Gasteiger partial charge in [-0.05, 0) is 62.7 Å². The molecule has 0 bridgehead atoms. The number of hydrogen-bond acceptors (Lipinski definition) is 4. The number of nitrogens with zero attached hydrogens (tertiary/aromatic N) is 3. The van der Waals surface area contributed by atoms with Crippen LogP contribution >= 0.6 is 0 Å². The number of anilines is 1. The first-order valence-electron chi connectivity index (χ1n) is 10.3. The normalized spacial score (nSPS) is 14.8. The quantitative estimate of drug-likeness (QED) is 0.692. The molecule has 2 aromatic carbocycles. The number of benzene rings is 2. The van der Waals surface area contributed by atoms with Gasteiger partial charge < -0.3 is 14.6 Å². The van der Waals surface area contributed by atoms with Gasteiger partial charge in [0.25, 0.3) is 5.91 Å². The molecule has 1 N–H and O–H groups in total. The lowest BCUT2D eigenvalue weighted by atomic mass is 10.1. The van der Waals surface area contributed by atoms with Crippen LogP contribution in [0.1, 0.15) is 30.7 Å². The number of hydrogen-bond donors (Lipinski definition) is 1. The summed E-state index contributed by atoms with van der Waals surface area (Å²) in [6.45, 7) is 5.10. The van der Waals surface area contributed by atoms with E-state index in [1.54, 1.807) is 0 Å². The monoisotopic (exact) mass is 392 g/mol. The minimum atomic E-state index is -0.183. The van der Waals surface area contributed by atoms with E-state index in [2.05, 4.69) is 21.8 Å². The van der Waals surface area contributed by atoms with Crippen LogP contribution in [0.5, 0.6) is 5.75 Å². The summed E-state index contributed by atoms with van der Waals surface area (Å²) >= 11 is 0. The van der Waals surface area contributed by atoms with Crippen molar-refractivity contribution in [2.45, 2.75) is 32.7 Å². The summed E-state index contributed by atoms with van der Waals surface area (Å²) in [5.74, 6) is 1.61. The van der Waals surface area contributed by atoms with Crippen LogP contribution in [0.15, 0.2) is 42.5 Å². The highest BCUT2D eigenvalue weighted by Crippen LogP contribution is 2.22. The van der Waals surface area contributed by atoms with Crippen molar-refractivity contribution in [3.63, 3.8) is 0 Å². The van der Waals surface area contributed by atoms with Gasteiger partial charge >= 0.3 is 0 Å². The van der Waals surface area contributed by atoms with Crippen molar-refractivity contribution in [2.75, 3.05) is 25.0 Å². The van der Waals surface area contributed by atoms with Gasteiger partial charge in [-0.3, -0.25) is 9.69 Å². The van der Waals surface area contributed by atoms with E-state index in [9.17, 15) is 4.79 Å². The number of aryl methyl sites for hydroxylation is 2. The first-order chi connectivity index (χ1) is 14.1. The van der Waals surface area contributed by atoms with Crippen LogP contribution in [0, 0.1) is 6.92 Å². The first kappa shape index (κ1) is 19.5. The summed E-state index contributed by atoms with van der Waals surface area (Å²) in [6, 6.07) is 13.5. The summed E-state index contributed by atoms with van der Waals surface area (Å²) in [5.41, 5.74) is 3.72. The van der Waals surface area contributed by atoms with Crippen LogP contribution in [0.2, 0.25) is 0 Å². The molecule has 0 spiro atoms. The van der Waals surface area contributed by atoms with Gasteiger partial charge in [-0.2, -0.15) is 0 Å². The number of nitrogens with one attached hydrogen (secondary N) is 1. The number of likely N-dealkylation sites (tertiary alicyclic amines) is 1. The van der Waals surface area contributed by atoms with Crippen LogP contribution in [0.3, 0.4) is 0 Å². The summed E-state index contributed by atoms with van der Waals surface area (Å²) < 4.78 is 7.78. The lowest BCUT2D eigenvalue weighted by Crippen LogP contribution is -2.30. The molecular weight excluding hydrogens is 364 g/mol. The van der Waals surface area contributed by atoms with Gasteiger partial charge in [0.05, 0.1) is 17.6 Å². The Bertz CT molecular complexity index is 1010. The van der Waals surface area contributed by atoms with Crippen molar-refractivity contribution >= 4 is 22.6 Å². The van der Waals surface area contributed by atoms with Gasteiger partial charge in [-0.1, -0.05) is 24.6 Å². The van der Waals surface area contributed by atoms with Crippen LogP contribution < -0.4 is 10.1 Å². The molecule has 2 heterocycles. The van der Waals surface area contributed by atoms with E-state index in [4.69, 9.17) is 9.72 Å². The van der Waals surface area contributed by atoms with Gasteiger partial charge in [0.2, 0.25) is 0 Å². The Hall–Kier alpha value is -2.86. The topological polar surface area (TPSA) is 59.4 Å². The van der Waals surface area contributed by atoms with Crippen molar-refractivity contribution < 1.29 is 9.53 Å². The van der Waals surface area contributed by atoms with E-state index in [-0.39, 0.29) is 12.5 Å². The SMILES string of the molecule is Cc1ccccc1OCC(=O)Nc1ccc2c(c1)nc(CN1CCCCC1)n2C. The average Bonchev–Trinajstić information content (AvgIpc) is 3.03. The fourth-order valence-electron chi connectivity index (χ4n) is 3.85. The minimum Gasteiger partial charge on any atom is -0.483 e. The number of carbonyl (C=O) groups is 1. The van der Waals surface area contributed by atoms with Crippen molar-refractivity contribution in [1.29, 1.82) is 0 Å². The Kier molecular flexibility index (Phi) is 5.81. The lowest BCUT2D eigenvalue weighted by Gasteiger charge is -2.25. The molecule has 1 aliphatic rings. The molecule has 152 valence electrons. The second-order valence-electron chi connectivity index (χ2n) is 7.73. The largest absolute Gasteiger partial charge is 0.483 e. The number of piperidine rings is 1. The molecule has 1 amide bonds. The Morgan fingerprint density at radius 2 is 1.93 bits per heavy atom. The molecule has 6 nitrogen and oxygen atoms in total. The number of aromatic nitrogens is 2. The molecule has 1 aromatic heterocycles. The second-order valence-corrected chi connectivity index (χ2v) is 7.73. The predicted molar refractivity (Wildman–Crippen MR) is 115 cm³/mol. The highest BCUT2D eigenvalue weighted by atomic mass is 16.5. The van der Waals surface area contributed by atoms with Crippen LogP contribution in [-0.4, -0.2) is 40.1 Å². The van der Waals surface area contributed by atoms with E-state index in [1.165, 1.54) is 19.3 Å². The average molecular weight is 393 g/mol. The second kappa shape index (κ2) is 8.66. The van der Waals surface area contributed by atoms with Gasteiger partial charge in [-0.15, -0.1) is 0 Å². The molecule has 29 heavy (non-hydrogen) atoms. The number of imidazole rings is 1. The highest BCUT2D eigenvalue weighted by Gasteiger charge is 2.15. The van der Waals surface area contributed by atoms with Crippen molar-refractivity contribution in [3.05, 3.63) is 53.9 Å². The summed E-state index contributed by atoms with van der Waals surface area (Å²) in [6.07, 6.45) is 3.87. The van der Waals surface area contributed by atoms with E-state index in [0.29, 0.717) is 0 Å². The van der Waals surface area contributed by atoms with Gasteiger partial charge in [0.1, 0.15) is 11.6 Å². The molecule has 0 saturated carbocycles. The molecule has 6 heteroatoms. The number of ether oxygens (including phenoxy) is 1. The van der Waals surface area contributed by atoms with Gasteiger partial charge in [0.15, 0.2) is 6.61 Å². The van der Waals surface area contributed by atoms with Crippen molar-refractivity contribution in [1.82, 2.24) is 14.5 Å². The summed E-state index contributed by atoms with van der Waals surface area (Å²) in [5, 5.41) is 2.91. The molecular formula is C23H28N4O2. The standard InChI is InChI=1S/C23H28N4O2/c1-17-8-4-5-9-21(17)29-16-23(28)24-18-10-11-20-19(14-18)25-22(26(20)2)15-27-12-6-3-7-13-27/h4-5,8-11,14H,3,6-7,12-13,15-16H2,1-2H3,(H,24,28). The molecule has 1 saturated heterocycles. The Labute approximate surface area is 171 Å². The van der Waals surface area contributed by atoms with E-state index < -0.39 is 0 Å². The fourth-order valence-corrected chi connectivity index (χ4v) is 3.85. The number of rotatable bonds is 6. The Morgan fingerprint density at radius 3 is 2.72 bits per heavy atom. The molecule has 0 aliphatic carbocycles. The Morgan fingerprint density at radius 1 is 1.14 bits per heavy atom. The third-order valence-corrected chi connectivity index (χ3v) is 5.52. The fraction of sp³-hybridized carbons (Fsp3) is 0.391. The molecule has 1 fully saturated rings. The third-order valence-electron chi connectivity index (χ3n) is 5.52. The zero-order valence-electron chi connectivity index (χ0n) is 17.1. The van der Waals surface area contributed by atoms with Gasteiger partial charge in [-0.25, -0.2) is 4.98 Å². The molecule has 0 atom stereocenters. The van der Waals surface area contributed by atoms with Crippen LogP contribution in [0.4, 0.5) is 5.69 Å². The Balaban J connectivity index is 1.41. The molecule has 1 aliphatic heterocycles. The molecule has 0 unspecified atom stereocenters. The molecule has 0 radical (unpaired) electrons. The molecule has 3 aromatic rings. The zero-order valence-corrected chi connectivity index (χ0v) is 17.1. The van der Waals surface area contributed by atoms with Crippen LogP contribution in [0.25, 0.3) is 11.0 Å². The van der Waals surface area contributed by atoms with E-state index in [1.807, 2.05) is 49.4 Å². The van der Waals surface area contributed by atoms with Crippen molar-refractivity contribution in [3.8, 4) is 5.75 Å². The number of amides is 1. The minimum absolute atomic E-state index is 0.0225. The third kappa shape index (κ3) is 4.59. The maximum absolute atomic E-state index is 12.3. The lowest BCUT2D eigenvalue weighted by molar-refractivity contribution is -0.118. The van der Waals surface area contributed by atoms with Gasteiger partial charge in [0, 0.05) is 12.7 Å². The molecule has 4 rings (SSSR count). The maximum Gasteiger partial charge on any atom is 0.262 e. The first-order valence-corrected chi connectivity index (χ1v) is 10.3. The summed E-state index contributed by atoms with van der Waals surface area (Å²) in [7, 11) is 2.06. The zero-order chi connectivity index (χ0) is 20.2. The smallest absolute Gasteiger partial charge is 0.262 e. The predicted octanol–water partition coefficient (Wildman–Crippen LogP) is 3.89. The number of fused-ring (bicyclic) bond motifs is 1. The van der Waals surface area contributed by atoms with E-state index in [0.717, 1.165) is 53.5 Å². The van der Waals surface area contributed by atoms with Crippen molar-refractivity contribution in [2.24, 2.45) is 7.05 Å². The van der Waals surface area contributed by atoms with E-state index >= 15 is 0 Å². The summed E-state index contributed by atoms with van der Waals surface area (Å²) in [4.78, 5) is 19.6. The number of para-hydroxylation sites is 1. The number of carbonyl (C=O) groups excluding carboxylic acids is 1. The maximum atomic E-state index is 12.3.